The van der Waals surface area contributed by atoms with Crippen LogP contribution in [0.2, 0.25) is 0 Å². The highest BCUT2D eigenvalue weighted by Gasteiger charge is 2.11. The Morgan fingerprint density at radius 2 is 2.00 bits per heavy atom. The van der Waals surface area contributed by atoms with Crippen molar-refractivity contribution in [2.75, 3.05) is 0 Å². The van der Waals surface area contributed by atoms with E-state index < -0.39 is 0 Å². The lowest BCUT2D eigenvalue weighted by Gasteiger charge is -2.06. The van der Waals surface area contributed by atoms with Gasteiger partial charge in [0.25, 0.3) is 5.56 Å². The summed E-state index contributed by atoms with van der Waals surface area (Å²) in [6.07, 6.45) is 0.197. The third-order valence-electron chi connectivity index (χ3n) is 3.46. The van der Waals surface area contributed by atoms with Crippen LogP contribution in [0.4, 0.5) is 0 Å². The Bertz CT molecular complexity index is 912. The Morgan fingerprint density at radius 1 is 1.26 bits per heavy atom. The fraction of sp³-hybridized carbons (Fsp3) is 0.250. The maximum Gasteiger partial charge on any atom is 0.295 e. The molecule has 0 bridgehead atoms. The van der Waals surface area contributed by atoms with Crippen molar-refractivity contribution in [3.63, 3.8) is 0 Å². The summed E-state index contributed by atoms with van der Waals surface area (Å²) in [5.74, 6) is -0.0940. The number of aromatic nitrogens is 3. The standard InChI is InChI=1S/C16H16N4O2S/c1-10-3-5-12(6-4-10)8-17-14(21)7-13-9-23-16-18-15(22)11(2)19-20(13)16/h3-6,9H,7-8H2,1-2H3,(H,17,21). The summed E-state index contributed by atoms with van der Waals surface area (Å²) in [6, 6.07) is 8.02. The average Bonchev–Trinajstić information content (AvgIpc) is 2.89. The molecule has 23 heavy (non-hydrogen) atoms. The molecule has 0 aliphatic carbocycles. The van der Waals surface area contributed by atoms with Crippen LogP contribution in [0.5, 0.6) is 0 Å². The minimum Gasteiger partial charge on any atom is -0.352 e. The molecule has 0 aliphatic heterocycles. The van der Waals surface area contributed by atoms with Crippen molar-refractivity contribution < 1.29 is 4.79 Å². The number of amides is 1. The second-order valence-corrected chi connectivity index (χ2v) is 6.20. The van der Waals surface area contributed by atoms with E-state index in [9.17, 15) is 9.59 Å². The van der Waals surface area contributed by atoms with Crippen LogP contribution in [-0.4, -0.2) is 20.5 Å². The van der Waals surface area contributed by atoms with Crippen LogP contribution in [-0.2, 0) is 17.8 Å². The molecule has 3 aromatic rings. The summed E-state index contributed by atoms with van der Waals surface area (Å²) in [6.45, 7) is 4.12. The van der Waals surface area contributed by atoms with Gasteiger partial charge in [0.05, 0.1) is 12.1 Å². The Labute approximate surface area is 136 Å². The van der Waals surface area contributed by atoms with Gasteiger partial charge in [-0.3, -0.25) is 9.59 Å². The van der Waals surface area contributed by atoms with Gasteiger partial charge in [-0.15, -0.1) is 11.3 Å². The lowest BCUT2D eigenvalue weighted by Crippen LogP contribution is -2.25. The maximum atomic E-state index is 12.1. The molecule has 0 radical (unpaired) electrons. The number of carbonyl (C=O) groups is 1. The second-order valence-electron chi connectivity index (χ2n) is 5.36. The van der Waals surface area contributed by atoms with Crippen LogP contribution >= 0.6 is 11.3 Å². The van der Waals surface area contributed by atoms with Crippen LogP contribution in [0, 0.1) is 13.8 Å². The number of rotatable bonds is 4. The van der Waals surface area contributed by atoms with Crippen molar-refractivity contribution in [2.45, 2.75) is 26.8 Å². The van der Waals surface area contributed by atoms with Crippen molar-refractivity contribution in [3.05, 3.63) is 62.5 Å². The summed E-state index contributed by atoms with van der Waals surface area (Å²) < 4.78 is 1.56. The summed E-state index contributed by atoms with van der Waals surface area (Å²) in [5.41, 5.74) is 2.96. The zero-order valence-electron chi connectivity index (χ0n) is 12.9. The molecule has 0 saturated heterocycles. The first-order valence-electron chi connectivity index (χ1n) is 7.19. The number of aryl methyl sites for hydroxylation is 2. The number of thiazole rings is 1. The molecule has 7 heteroatoms. The number of carbonyl (C=O) groups excluding carboxylic acids is 1. The van der Waals surface area contributed by atoms with Gasteiger partial charge in [0.2, 0.25) is 10.9 Å². The Hall–Kier alpha value is -2.54. The summed E-state index contributed by atoms with van der Waals surface area (Å²) in [7, 11) is 0. The molecule has 1 amide bonds. The SMILES string of the molecule is Cc1ccc(CNC(=O)Cc2csc3nc(=O)c(C)nn23)cc1. The molecule has 0 fully saturated rings. The van der Waals surface area contributed by atoms with Crippen molar-refractivity contribution in [1.82, 2.24) is 19.9 Å². The van der Waals surface area contributed by atoms with E-state index in [1.54, 1.807) is 16.8 Å². The van der Waals surface area contributed by atoms with Gasteiger partial charge in [-0.1, -0.05) is 29.8 Å². The summed E-state index contributed by atoms with van der Waals surface area (Å²) in [5, 5.41) is 8.88. The van der Waals surface area contributed by atoms with Gasteiger partial charge in [0.15, 0.2) is 0 Å². The molecular weight excluding hydrogens is 312 g/mol. The lowest BCUT2D eigenvalue weighted by molar-refractivity contribution is -0.120. The number of fused-ring (bicyclic) bond motifs is 1. The fourth-order valence-electron chi connectivity index (χ4n) is 2.13. The van der Waals surface area contributed by atoms with E-state index in [1.165, 1.54) is 16.9 Å². The highest BCUT2D eigenvalue weighted by atomic mass is 32.1. The largest absolute Gasteiger partial charge is 0.352 e. The van der Waals surface area contributed by atoms with Gasteiger partial charge in [-0.2, -0.15) is 10.1 Å². The number of hydrogen-bond donors (Lipinski definition) is 1. The molecule has 0 atom stereocenters. The van der Waals surface area contributed by atoms with Crippen molar-refractivity contribution in [1.29, 1.82) is 0 Å². The predicted octanol–water partition coefficient (Wildman–Crippen LogP) is 1.63. The lowest BCUT2D eigenvalue weighted by atomic mass is 10.1. The Kier molecular flexibility index (Phi) is 4.20. The highest BCUT2D eigenvalue weighted by Crippen LogP contribution is 2.12. The minimum absolute atomic E-state index is 0.0940. The second kappa shape index (κ2) is 6.29. The molecule has 118 valence electrons. The van der Waals surface area contributed by atoms with Crippen LogP contribution in [0.3, 0.4) is 0 Å². The van der Waals surface area contributed by atoms with E-state index in [2.05, 4.69) is 15.4 Å². The van der Waals surface area contributed by atoms with Crippen LogP contribution in [0.15, 0.2) is 34.4 Å². The zero-order valence-corrected chi connectivity index (χ0v) is 13.7. The van der Waals surface area contributed by atoms with Crippen LogP contribution in [0.25, 0.3) is 4.96 Å². The van der Waals surface area contributed by atoms with E-state index in [0.717, 1.165) is 11.3 Å². The van der Waals surface area contributed by atoms with Gasteiger partial charge < -0.3 is 5.32 Å². The third kappa shape index (κ3) is 3.45. The van der Waals surface area contributed by atoms with Gasteiger partial charge in [-0.05, 0) is 19.4 Å². The van der Waals surface area contributed by atoms with E-state index in [-0.39, 0.29) is 17.9 Å². The minimum atomic E-state index is -0.331. The Balaban J connectivity index is 1.69. The summed E-state index contributed by atoms with van der Waals surface area (Å²) >= 11 is 1.30. The normalized spacial score (nSPS) is 10.9. The van der Waals surface area contributed by atoms with Crippen molar-refractivity contribution >= 4 is 22.2 Å². The maximum absolute atomic E-state index is 12.1. The van der Waals surface area contributed by atoms with E-state index in [1.807, 2.05) is 31.2 Å². The van der Waals surface area contributed by atoms with E-state index in [0.29, 0.717) is 17.2 Å². The van der Waals surface area contributed by atoms with Gasteiger partial charge in [-0.25, -0.2) is 4.52 Å². The smallest absolute Gasteiger partial charge is 0.295 e. The quantitative estimate of drug-likeness (QED) is 0.790. The highest BCUT2D eigenvalue weighted by molar-refractivity contribution is 7.15. The average molecular weight is 328 g/mol. The predicted molar refractivity (Wildman–Crippen MR) is 88.6 cm³/mol. The van der Waals surface area contributed by atoms with Crippen molar-refractivity contribution in [3.8, 4) is 0 Å². The molecule has 1 N–H and O–H groups in total. The monoisotopic (exact) mass is 328 g/mol. The van der Waals surface area contributed by atoms with Crippen LogP contribution in [0.1, 0.15) is 22.5 Å². The molecule has 3 rings (SSSR count). The van der Waals surface area contributed by atoms with Crippen LogP contribution < -0.4 is 10.9 Å². The van der Waals surface area contributed by atoms with Gasteiger partial charge in [0.1, 0.15) is 5.69 Å². The van der Waals surface area contributed by atoms with Gasteiger partial charge in [0, 0.05) is 11.9 Å². The molecular formula is C16H16N4O2S. The molecule has 0 aliphatic rings. The third-order valence-corrected chi connectivity index (χ3v) is 4.33. The van der Waals surface area contributed by atoms with Gasteiger partial charge >= 0.3 is 0 Å². The molecule has 1 aromatic carbocycles. The summed E-state index contributed by atoms with van der Waals surface area (Å²) in [4.78, 5) is 28.0. The molecule has 0 unspecified atom stereocenters. The number of nitrogens with zero attached hydrogens (tertiary/aromatic N) is 3. The first kappa shape index (κ1) is 15.4. The molecule has 6 nitrogen and oxygen atoms in total. The van der Waals surface area contributed by atoms with E-state index >= 15 is 0 Å². The molecule has 0 spiro atoms. The Morgan fingerprint density at radius 3 is 2.74 bits per heavy atom. The first-order valence-corrected chi connectivity index (χ1v) is 8.07. The topological polar surface area (TPSA) is 76.4 Å². The molecule has 2 heterocycles. The zero-order chi connectivity index (χ0) is 16.4. The van der Waals surface area contributed by atoms with E-state index in [4.69, 9.17) is 0 Å². The molecule has 2 aromatic heterocycles. The fourth-order valence-corrected chi connectivity index (χ4v) is 2.95. The number of hydrogen-bond acceptors (Lipinski definition) is 5. The number of nitrogens with one attached hydrogen (secondary N) is 1. The first-order chi connectivity index (χ1) is 11.0. The molecule has 0 saturated carbocycles. The number of benzene rings is 1. The van der Waals surface area contributed by atoms with Crippen molar-refractivity contribution in [2.24, 2.45) is 0 Å².